The first-order valence-electron chi connectivity index (χ1n) is 5.13. The minimum Gasteiger partial charge on any atom is -0.389 e. The fraction of sp³-hybridized carbons (Fsp3) is 1.00. The van der Waals surface area contributed by atoms with Gasteiger partial charge >= 0.3 is 8.80 Å². The lowest BCUT2D eigenvalue weighted by Crippen LogP contribution is -2.54. The Balaban J connectivity index is 2.29. The van der Waals surface area contributed by atoms with Gasteiger partial charge in [-0.3, -0.25) is 0 Å². The van der Waals surface area contributed by atoms with E-state index in [9.17, 15) is 5.11 Å². The molecule has 90 valence electrons. The van der Waals surface area contributed by atoms with Crippen LogP contribution >= 0.6 is 0 Å². The standard InChI is InChI=1S/C9H20O5Si/c1-11-15(12-2,13-3)9(10)6-4-5-8-7-14-8/h8-10H,4-7H2,1-3H3. The molecule has 6 heteroatoms. The maximum Gasteiger partial charge on any atom is 0.530 e. The van der Waals surface area contributed by atoms with Gasteiger partial charge in [-0.15, -0.1) is 0 Å². The third-order valence-electron chi connectivity index (χ3n) is 2.67. The molecule has 0 aromatic heterocycles. The lowest BCUT2D eigenvalue weighted by atomic mass is 10.2. The Hall–Kier alpha value is 0.0169. The number of hydrogen-bond acceptors (Lipinski definition) is 5. The molecule has 0 aliphatic carbocycles. The van der Waals surface area contributed by atoms with Crippen LogP contribution in [0.5, 0.6) is 0 Å². The lowest BCUT2D eigenvalue weighted by molar-refractivity contribution is 0.0543. The molecule has 1 fully saturated rings. The highest BCUT2D eigenvalue weighted by atomic mass is 28.4. The summed E-state index contributed by atoms with van der Waals surface area (Å²) >= 11 is 0. The van der Waals surface area contributed by atoms with Gasteiger partial charge in [0.1, 0.15) is 5.73 Å². The molecule has 0 saturated carbocycles. The Morgan fingerprint density at radius 2 is 1.87 bits per heavy atom. The summed E-state index contributed by atoms with van der Waals surface area (Å²) in [5.74, 6) is 0. The van der Waals surface area contributed by atoms with Crippen LogP contribution in [-0.2, 0) is 18.0 Å². The minimum absolute atomic E-state index is 0.404. The van der Waals surface area contributed by atoms with Gasteiger partial charge in [0.25, 0.3) is 0 Å². The first-order valence-corrected chi connectivity index (χ1v) is 6.94. The molecular weight excluding hydrogens is 216 g/mol. The third-order valence-corrected chi connectivity index (χ3v) is 5.48. The van der Waals surface area contributed by atoms with Crippen LogP contribution in [0, 0.1) is 0 Å². The molecular formula is C9H20O5Si. The van der Waals surface area contributed by atoms with E-state index in [1.54, 1.807) is 0 Å². The minimum atomic E-state index is -2.86. The van der Waals surface area contributed by atoms with E-state index in [1.807, 2.05) is 0 Å². The number of aliphatic hydroxyl groups is 1. The maximum absolute atomic E-state index is 9.94. The van der Waals surface area contributed by atoms with E-state index in [0.717, 1.165) is 19.4 Å². The molecule has 1 rings (SSSR count). The largest absolute Gasteiger partial charge is 0.530 e. The zero-order valence-corrected chi connectivity index (χ0v) is 10.6. The quantitative estimate of drug-likeness (QED) is 0.486. The molecule has 0 aromatic rings. The summed E-state index contributed by atoms with van der Waals surface area (Å²) in [6.07, 6.45) is 2.91. The van der Waals surface area contributed by atoms with Crippen LogP contribution in [0.15, 0.2) is 0 Å². The van der Waals surface area contributed by atoms with Crippen molar-refractivity contribution in [1.82, 2.24) is 0 Å². The first-order chi connectivity index (χ1) is 7.18. The van der Waals surface area contributed by atoms with E-state index in [2.05, 4.69) is 0 Å². The Morgan fingerprint density at radius 3 is 2.27 bits per heavy atom. The predicted molar refractivity (Wildman–Crippen MR) is 56.4 cm³/mol. The Morgan fingerprint density at radius 1 is 1.33 bits per heavy atom. The summed E-state index contributed by atoms with van der Waals surface area (Å²) < 4.78 is 20.6. The number of ether oxygens (including phenoxy) is 1. The van der Waals surface area contributed by atoms with Gasteiger partial charge in [0.05, 0.1) is 12.7 Å². The average molecular weight is 236 g/mol. The molecule has 1 aliphatic rings. The fourth-order valence-corrected chi connectivity index (χ4v) is 3.48. The smallest absolute Gasteiger partial charge is 0.389 e. The summed E-state index contributed by atoms with van der Waals surface area (Å²) in [7, 11) is 1.66. The highest BCUT2D eigenvalue weighted by Gasteiger charge is 2.46. The Bertz CT molecular complexity index is 173. The summed E-state index contributed by atoms with van der Waals surface area (Å²) in [6.45, 7) is 0.859. The van der Waals surface area contributed by atoms with Crippen LogP contribution in [-0.4, -0.2) is 53.7 Å². The van der Waals surface area contributed by atoms with Gasteiger partial charge in [-0.05, 0) is 19.3 Å². The molecule has 15 heavy (non-hydrogen) atoms. The topological polar surface area (TPSA) is 60.5 Å². The van der Waals surface area contributed by atoms with Crippen molar-refractivity contribution in [2.24, 2.45) is 0 Å². The summed E-state index contributed by atoms with van der Waals surface area (Å²) in [4.78, 5) is 0. The van der Waals surface area contributed by atoms with Crippen LogP contribution in [0.2, 0.25) is 0 Å². The third kappa shape index (κ3) is 3.51. The summed E-state index contributed by atoms with van der Waals surface area (Å²) in [5.41, 5.74) is -0.656. The van der Waals surface area contributed by atoms with Crippen molar-refractivity contribution in [2.75, 3.05) is 27.9 Å². The van der Waals surface area contributed by atoms with Crippen LogP contribution in [0.1, 0.15) is 19.3 Å². The molecule has 1 aliphatic heterocycles. The lowest BCUT2D eigenvalue weighted by Gasteiger charge is -2.28. The van der Waals surface area contributed by atoms with E-state index < -0.39 is 14.5 Å². The van der Waals surface area contributed by atoms with Crippen LogP contribution < -0.4 is 0 Å². The van der Waals surface area contributed by atoms with Crippen molar-refractivity contribution >= 4 is 8.80 Å². The van der Waals surface area contributed by atoms with Crippen LogP contribution in [0.3, 0.4) is 0 Å². The van der Waals surface area contributed by atoms with Crippen molar-refractivity contribution in [3.05, 3.63) is 0 Å². The van der Waals surface area contributed by atoms with Crippen molar-refractivity contribution in [3.8, 4) is 0 Å². The van der Waals surface area contributed by atoms with Gasteiger partial charge in [-0.25, -0.2) is 0 Å². The van der Waals surface area contributed by atoms with Gasteiger partial charge in [-0.1, -0.05) is 0 Å². The number of epoxide rings is 1. The average Bonchev–Trinajstić information content (AvgIpc) is 3.05. The molecule has 0 spiro atoms. The monoisotopic (exact) mass is 236 g/mol. The zero-order chi connectivity index (χ0) is 11.3. The van der Waals surface area contributed by atoms with Crippen molar-refractivity contribution in [1.29, 1.82) is 0 Å². The zero-order valence-electron chi connectivity index (χ0n) is 9.56. The van der Waals surface area contributed by atoms with Crippen molar-refractivity contribution in [2.45, 2.75) is 31.1 Å². The van der Waals surface area contributed by atoms with E-state index in [1.165, 1.54) is 21.3 Å². The second-order valence-electron chi connectivity index (χ2n) is 3.62. The first kappa shape index (κ1) is 13.1. The molecule has 2 atom stereocenters. The van der Waals surface area contributed by atoms with E-state index in [0.29, 0.717) is 12.5 Å². The highest BCUT2D eigenvalue weighted by Crippen LogP contribution is 2.21. The summed E-state index contributed by atoms with van der Waals surface area (Å²) in [5, 5.41) is 9.94. The fourth-order valence-electron chi connectivity index (χ4n) is 1.61. The molecule has 0 amide bonds. The number of aliphatic hydroxyl groups excluding tert-OH is 1. The number of hydrogen-bond donors (Lipinski definition) is 1. The van der Waals surface area contributed by atoms with E-state index in [-0.39, 0.29) is 0 Å². The van der Waals surface area contributed by atoms with Gasteiger partial charge in [0.2, 0.25) is 0 Å². The SMILES string of the molecule is CO[Si](OC)(OC)C(O)CCCC1CO1. The molecule has 5 nitrogen and oxygen atoms in total. The predicted octanol–water partition coefficient (Wildman–Crippen LogP) is 0.334. The van der Waals surface area contributed by atoms with Gasteiger partial charge < -0.3 is 23.1 Å². The highest BCUT2D eigenvalue weighted by molar-refractivity contribution is 6.61. The van der Waals surface area contributed by atoms with Crippen LogP contribution in [0.25, 0.3) is 0 Å². The van der Waals surface area contributed by atoms with E-state index >= 15 is 0 Å². The van der Waals surface area contributed by atoms with Crippen LogP contribution in [0.4, 0.5) is 0 Å². The van der Waals surface area contributed by atoms with Gasteiger partial charge in [0, 0.05) is 21.3 Å². The second-order valence-corrected chi connectivity index (χ2v) is 6.72. The Labute approximate surface area is 91.7 Å². The normalized spacial score (nSPS) is 22.8. The second kappa shape index (κ2) is 5.93. The molecule has 1 heterocycles. The molecule has 1 saturated heterocycles. The van der Waals surface area contributed by atoms with Gasteiger partial charge in [0.15, 0.2) is 0 Å². The van der Waals surface area contributed by atoms with Crippen molar-refractivity contribution in [3.63, 3.8) is 0 Å². The molecule has 1 N–H and O–H groups in total. The maximum atomic E-state index is 9.94. The molecule has 0 bridgehead atoms. The molecule has 0 aromatic carbocycles. The number of rotatable bonds is 8. The van der Waals surface area contributed by atoms with Crippen molar-refractivity contribution < 1.29 is 23.1 Å². The van der Waals surface area contributed by atoms with E-state index in [4.69, 9.17) is 18.0 Å². The Kier molecular flexibility index (Phi) is 5.17. The summed E-state index contributed by atoms with van der Waals surface area (Å²) in [6, 6.07) is 0. The van der Waals surface area contributed by atoms with Gasteiger partial charge in [-0.2, -0.15) is 0 Å². The molecule has 0 radical (unpaired) electrons. The molecule has 2 unspecified atom stereocenters.